The number of aliphatic imine (C=N–C) groups is 1. The van der Waals surface area contributed by atoms with Gasteiger partial charge in [0, 0.05) is 33.6 Å². The van der Waals surface area contributed by atoms with Gasteiger partial charge in [0.2, 0.25) is 0 Å². The van der Waals surface area contributed by atoms with Crippen LogP contribution in [-0.4, -0.2) is 50.5 Å². The topological polar surface area (TPSA) is 18.8 Å². The number of aryl methyl sites for hydroxylation is 1. The zero-order chi connectivity index (χ0) is 14.6. The van der Waals surface area contributed by atoms with E-state index in [0.29, 0.717) is 0 Å². The fourth-order valence-corrected chi connectivity index (χ4v) is 2.11. The summed E-state index contributed by atoms with van der Waals surface area (Å²) in [4.78, 5) is 8.86. The van der Waals surface area contributed by atoms with Crippen molar-refractivity contribution in [2.24, 2.45) is 4.99 Å². The zero-order valence-corrected chi connectivity index (χ0v) is 13.4. The van der Waals surface area contributed by atoms with Gasteiger partial charge in [-0.05, 0) is 12.5 Å². The Labute approximate surface area is 117 Å². The molecule has 0 spiro atoms. The van der Waals surface area contributed by atoms with Gasteiger partial charge in [0.25, 0.3) is 0 Å². The Hall–Kier alpha value is -1.51. The normalized spacial score (nSPS) is 11.1. The molecular formula is C16H27N3. The molecule has 0 aliphatic heterocycles. The molecule has 0 fully saturated rings. The number of hydrogen-bond donors (Lipinski definition) is 0. The molecule has 1 aromatic rings. The first-order valence-electron chi connectivity index (χ1n) is 6.70. The summed E-state index contributed by atoms with van der Waals surface area (Å²) in [5, 5.41) is 0. The molecule has 3 heteroatoms. The molecule has 0 saturated carbocycles. The smallest absolute Gasteiger partial charge is 0.195 e. The van der Waals surface area contributed by atoms with Crippen LogP contribution in [-0.2, 0) is 5.41 Å². The maximum absolute atomic E-state index is 4.77. The Morgan fingerprint density at radius 1 is 1.11 bits per heavy atom. The monoisotopic (exact) mass is 261 g/mol. The third kappa shape index (κ3) is 4.27. The van der Waals surface area contributed by atoms with Gasteiger partial charge >= 0.3 is 0 Å². The summed E-state index contributed by atoms with van der Waals surface area (Å²) in [7, 11) is 8.11. The van der Waals surface area contributed by atoms with Crippen LogP contribution in [0.25, 0.3) is 0 Å². The minimum absolute atomic E-state index is 0.0449. The van der Waals surface area contributed by atoms with E-state index in [-0.39, 0.29) is 5.41 Å². The Bertz CT molecular complexity index is 435. The highest BCUT2D eigenvalue weighted by Crippen LogP contribution is 2.24. The Morgan fingerprint density at radius 2 is 1.68 bits per heavy atom. The van der Waals surface area contributed by atoms with Gasteiger partial charge in [-0.15, -0.1) is 0 Å². The Morgan fingerprint density at radius 3 is 2.16 bits per heavy atom. The molecule has 0 saturated heterocycles. The van der Waals surface area contributed by atoms with Crippen molar-refractivity contribution in [1.29, 1.82) is 0 Å². The van der Waals surface area contributed by atoms with Gasteiger partial charge in [-0.25, -0.2) is 0 Å². The van der Waals surface area contributed by atoms with E-state index >= 15 is 0 Å². The molecule has 0 aromatic heterocycles. The first kappa shape index (κ1) is 15.5. The van der Waals surface area contributed by atoms with E-state index in [1.807, 2.05) is 38.0 Å². The van der Waals surface area contributed by atoms with Crippen LogP contribution in [0.15, 0.2) is 29.3 Å². The molecule has 106 valence electrons. The van der Waals surface area contributed by atoms with Crippen molar-refractivity contribution in [3.63, 3.8) is 0 Å². The fraction of sp³-hybridized carbons (Fsp3) is 0.562. The van der Waals surface area contributed by atoms with Gasteiger partial charge in [0.05, 0.1) is 6.54 Å². The van der Waals surface area contributed by atoms with Crippen LogP contribution in [0.4, 0.5) is 0 Å². The van der Waals surface area contributed by atoms with E-state index in [9.17, 15) is 0 Å². The Kier molecular flexibility index (Phi) is 4.98. The summed E-state index contributed by atoms with van der Waals surface area (Å²) in [5.41, 5.74) is 2.69. The van der Waals surface area contributed by atoms with Crippen molar-refractivity contribution >= 4 is 5.96 Å². The molecule has 3 nitrogen and oxygen atoms in total. The van der Waals surface area contributed by atoms with Crippen LogP contribution in [0.1, 0.15) is 25.0 Å². The SMILES string of the molecule is Cc1cccc(C(C)(C)CN=C(N(C)C)N(C)C)c1. The van der Waals surface area contributed by atoms with Crippen molar-refractivity contribution in [3.05, 3.63) is 35.4 Å². The second-order valence-corrected chi connectivity index (χ2v) is 6.16. The highest BCUT2D eigenvalue weighted by atomic mass is 15.3. The summed E-state index contributed by atoms with van der Waals surface area (Å²) in [6.07, 6.45) is 0. The van der Waals surface area contributed by atoms with Crippen LogP contribution >= 0.6 is 0 Å². The molecule has 1 aromatic carbocycles. The minimum atomic E-state index is 0.0449. The lowest BCUT2D eigenvalue weighted by Crippen LogP contribution is -2.36. The second-order valence-electron chi connectivity index (χ2n) is 6.16. The maximum Gasteiger partial charge on any atom is 0.195 e. The molecule has 1 rings (SSSR count). The predicted molar refractivity (Wildman–Crippen MR) is 83.9 cm³/mol. The van der Waals surface area contributed by atoms with E-state index in [4.69, 9.17) is 4.99 Å². The molecule has 0 aliphatic carbocycles. The van der Waals surface area contributed by atoms with Gasteiger partial charge in [-0.3, -0.25) is 4.99 Å². The third-order valence-corrected chi connectivity index (χ3v) is 3.22. The van der Waals surface area contributed by atoms with Crippen molar-refractivity contribution in [2.75, 3.05) is 34.7 Å². The molecule has 0 atom stereocenters. The zero-order valence-electron chi connectivity index (χ0n) is 13.4. The summed E-state index contributed by atoms with van der Waals surface area (Å²) in [6, 6.07) is 8.69. The van der Waals surface area contributed by atoms with Crippen LogP contribution in [0.2, 0.25) is 0 Å². The highest BCUT2D eigenvalue weighted by molar-refractivity contribution is 5.79. The van der Waals surface area contributed by atoms with Gasteiger partial charge in [0.1, 0.15) is 0 Å². The predicted octanol–water partition coefficient (Wildman–Crippen LogP) is 2.75. The lowest BCUT2D eigenvalue weighted by Gasteiger charge is -2.27. The third-order valence-electron chi connectivity index (χ3n) is 3.22. The quantitative estimate of drug-likeness (QED) is 0.615. The van der Waals surface area contributed by atoms with E-state index < -0.39 is 0 Å². The van der Waals surface area contributed by atoms with Crippen molar-refractivity contribution < 1.29 is 0 Å². The molecule has 0 radical (unpaired) electrons. The van der Waals surface area contributed by atoms with Crippen LogP contribution < -0.4 is 0 Å². The average Bonchev–Trinajstić information content (AvgIpc) is 2.28. The molecule has 0 aliphatic rings. The molecule has 19 heavy (non-hydrogen) atoms. The van der Waals surface area contributed by atoms with Crippen LogP contribution in [0, 0.1) is 6.92 Å². The lowest BCUT2D eigenvalue weighted by molar-refractivity contribution is 0.464. The standard InChI is InChI=1S/C16H27N3/c1-13-9-8-10-14(11-13)16(2,3)12-17-15(18(4)5)19(6)7/h8-11H,12H2,1-7H3. The molecular weight excluding hydrogens is 234 g/mol. The van der Waals surface area contributed by atoms with E-state index in [1.165, 1.54) is 11.1 Å². The largest absolute Gasteiger partial charge is 0.349 e. The van der Waals surface area contributed by atoms with Crippen LogP contribution in [0.5, 0.6) is 0 Å². The molecule has 0 amide bonds. The van der Waals surface area contributed by atoms with E-state index in [0.717, 1.165) is 12.5 Å². The second kappa shape index (κ2) is 6.09. The minimum Gasteiger partial charge on any atom is -0.349 e. The number of nitrogens with zero attached hydrogens (tertiary/aromatic N) is 3. The Balaban J connectivity index is 2.93. The number of rotatable bonds is 3. The molecule has 0 heterocycles. The van der Waals surface area contributed by atoms with E-state index in [2.05, 4.69) is 45.0 Å². The van der Waals surface area contributed by atoms with Crippen molar-refractivity contribution in [3.8, 4) is 0 Å². The summed E-state index contributed by atoms with van der Waals surface area (Å²) in [5.74, 6) is 1.00. The number of guanidine groups is 1. The average molecular weight is 261 g/mol. The molecule has 0 unspecified atom stereocenters. The fourth-order valence-electron chi connectivity index (χ4n) is 2.11. The van der Waals surface area contributed by atoms with E-state index in [1.54, 1.807) is 0 Å². The van der Waals surface area contributed by atoms with Crippen LogP contribution in [0.3, 0.4) is 0 Å². The van der Waals surface area contributed by atoms with Gasteiger partial charge in [-0.2, -0.15) is 0 Å². The van der Waals surface area contributed by atoms with Crippen molar-refractivity contribution in [2.45, 2.75) is 26.2 Å². The summed E-state index contributed by atoms with van der Waals surface area (Å²) < 4.78 is 0. The summed E-state index contributed by atoms with van der Waals surface area (Å²) in [6.45, 7) is 7.40. The summed E-state index contributed by atoms with van der Waals surface area (Å²) >= 11 is 0. The lowest BCUT2D eigenvalue weighted by atomic mass is 9.84. The van der Waals surface area contributed by atoms with Crippen molar-refractivity contribution in [1.82, 2.24) is 9.80 Å². The number of benzene rings is 1. The molecule has 0 N–H and O–H groups in total. The molecule has 0 bridgehead atoms. The van der Waals surface area contributed by atoms with Gasteiger partial charge in [-0.1, -0.05) is 43.7 Å². The number of hydrogen-bond acceptors (Lipinski definition) is 1. The first-order chi connectivity index (χ1) is 8.74. The van der Waals surface area contributed by atoms with Gasteiger partial charge in [0.15, 0.2) is 5.96 Å². The first-order valence-corrected chi connectivity index (χ1v) is 6.70. The highest BCUT2D eigenvalue weighted by Gasteiger charge is 2.21. The van der Waals surface area contributed by atoms with Gasteiger partial charge < -0.3 is 9.80 Å². The maximum atomic E-state index is 4.77.